The number of ketones is 1. The maximum Gasteiger partial charge on any atom is 0.195 e. The maximum atomic E-state index is 13.4. The maximum absolute atomic E-state index is 13.4. The van der Waals surface area contributed by atoms with Crippen LogP contribution in [0.25, 0.3) is 10.9 Å². The van der Waals surface area contributed by atoms with E-state index in [1.807, 2.05) is 30.3 Å². The van der Waals surface area contributed by atoms with Crippen LogP contribution >= 0.6 is 0 Å². The number of aromatic nitrogens is 1. The Labute approximate surface area is 176 Å². The van der Waals surface area contributed by atoms with Crippen molar-refractivity contribution >= 4 is 16.7 Å². The first kappa shape index (κ1) is 18.9. The van der Waals surface area contributed by atoms with E-state index in [1.54, 1.807) is 6.07 Å². The Morgan fingerprint density at radius 3 is 2.73 bits per heavy atom. The zero-order valence-electron chi connectivity index (χ0n) is 17.3. The molecule has 1 saturated heterocycles. The summed E-state index contributed by atoms with van der Waals surface area (Å²) < 4.78 is 6.13. The number of nitrogens with one attached hydrogen (secondary N) is 2. The molecule has 2 N–H and O–H groups in total. The summed E-state index contributed by atoms with van der Waals surface area (Å²) in [6.45, 7) is 7.08. The Morgan fingerprint density at radius 1 is 1.17 bits per heavy atom. The summed E-state index contributed by atoms with van der Waals surface area (Å²) in [4.78, 5) is 16.8. The number of benzene rings is 2. The Morgan fingerprint density at radius 2 is 1.97 bits per heavy atom. The molecule has 0 saturated carbocycles. The number of carbonyl (C=O) groups excluding carboxylic acids is 1. The largest absolute Gasteiger partial charge is 0.493 e. The van der Waals surface area contributed by atoms with Gasteiger partial charge in [0, 0.05) is 27.6 Å². The highest BCUT2D eigenvalue weighted by Gasteiger charge is 2.39. The van der Waals surface area contributed by atoms with Crippen molar-refractivity contribution in [3.63, 3.8) is 0 Å². The van der Waals surface area contributed by atoms with Gasteiger partial charge >= 0.3 is 0 Å². The van der Waals surface area contributed by atoms with Crippen molar-refractivity contribution in [3.05, 3.63) is 64.3 Å². The van der Waals surface area contributed by atoms with E-state index >= 15 is 0 Å². The highest BCUT2D eigenvalue weighted by atomic mass is 16.5. The molecule has 0 bridgehead atoms. The summed E-state index contributed by atoms with van der Waals surface area (Å²) in [6, 6.07) is 13.5. The number of nitrogens with zero attached hydrogens (tertiary/aromatic N) is 1. The normalized spacial score (nSPS) is 18.0. The molecule has 0 radical (unpaired) electrons. The number of piperidine rings is 1. The van der Waals surface area contributed by atoms with Gasteiger partial charge in [0.15, 0.2) is 5.78 Å². The van der Waals surface area contributed by atoms with Gasteiger partial charge in [-0.2, -0.15) is 5.26 Å². The lowest BCUT2D eigenvalue weighted by Gasteiger charge is -2.32. The van der Waals surface area contributed by atoms with E-state index in [0.717, 1.165) is 65.0 Å². The van der Waals surface area contributed by atoms with Crippen LogP contribution in [-0.4, -0.2) is 30.5 Å². The molecular formula is C25H25N3O2. The van der Waals surface area contributed by atoms with Crippen LogP contribution in [0.5, 0.6) is 5.75 Å². The second-order valence-electron chi connectivity index (χ2n) is 8.91. The van der Waals surface area contributed by atoms with Crippen molar-refractivity contribution in [2.75, 3.05) is 19.7 Å². The average molecular weight is 399 g/mol. The Bertz CT molecular complexity index is 1190. The predicted octanol–water partition coefficient (Wildman–Crippen LogP) is 4.29. The molecule has 1 aromatic heterocycles. The van der Waals surface area contributed by atoms with Crippen molar-refractivity contribution in [1.29, 1.82) is 5.26 Å². The number of nitriles is 1. The van der Waals surface area contributed by atoms with Gasteiger partial charge in [-0.3, -0.25) is 4.79 Å². The van der Waals surface area contributed by atoms with Crippen molar-refractivity contribution in [2.24, 2.45) is 5.92 Å². The highest BCUT2D eigenvalue weighted by Crippen LogP contribution is 2.44. The van der Waals surface area contributed by atoms with Gasteiger partial charge in [-0.25, -0.2) is 0 Å². The zero-order valence-corrected chi connectivity index (χ0v) is 17.3. The molecule has 0 unspecified atom stereocenters. The van der Waals surface area contributed by atoms with Gasteiger partial charge in [-0.15, -0.1) is 0 Å². The molecular weight excluding hydrogens is 374 g/mol. The monoisotopic (exact) mass is 399 g/mol. The van der Waals surface area contributed by atoms with Crippen LogP contribution in [0.1, 0.15) is 59.4 Å². The second-order valence-corrected chi connectivity index (χ2v) is 8.91. The fraction of sp³-hybridized carbons (Fsp3) is 0.360. The van der Waals surface area contributed by atoms with Gasteiger partial charge in [-0.1, -0.05) is 19.9 Å². The third-order valence-electron chi connectivity index (χ3n) is 6.63. The van der Waals surface area contributed by atoms with E-state index in [2.05, 4.69) is 30.2 Å². The van der Waals surface area contributed by atoms with Crippen LogP contribution in [0, 0.1) is 17.2 Å². The van der Waals surface area contributed by atoms with Crippen molar-refractivity contribution in [3.8, 4) is 11.8 Å². The fourth-order valence-corrected chi connectivity index (χ4v) is 4.83. The molecule has 30 heavy (non-hydrogen) atoms. The molecule has 0 spiro atoms. The first-order chi connectivity index (χ1) is 14.5. The lowest BCUT2D eigenvalue weighted by molar-refractivity contribution is 0.103. The summed E-state index contributed by atoms with van der Waals surface area (Å²) >= 11 is 0. The van der Waals surface area contributed by atoms with Crippen LogP contribution < -0.4 is 10.1 Å². The topological polar surface area (TPSA) is 77.9 Å². The number of ether oxygens (including phenoxy) is 1. The minimum atomic E-state index is -0.376. The molecule has 152 valence electrons. The SMILES string of the molecule is CC1(C)c2cc(OCC3CCNCC3)ccc2C(=O)c2c1[nH]c1cc(C#N)ccc21. The van der Waals surface area contributed by atoms with Gasteiger partial charge in [0.05, 0.1) is 23.8 Å². The number of fused-ring (bicyclic) bond motifs is 4. The van der Waals surface area contributed by atoms with Crippen LogP contribution in [-0.2, 0) is 5.41 Å². The smallest absolute Gasteiger partial charge is 0.195 e. The molecule has 1 aliphatic heterocycles. The van der Waals surface area contributed by atoms with E-state index in [4.69, 9.17) is 4.74 Å². The van der Waals surface area contributed by atoms with Crippen molar-refractivity contribution < 1.29 is 9.53 Å². The predicted molar refractivity (Wildman–Crippen MR) is 116 cm³/mol. The van der Waals surface area contributed by atoms with Gasteiger partial charge in [0.1, 0.15) is 5.75 Å². The van der Waals surface area contributed by atoms with Gasteiger partial charge < -0.3 is 15.0 Å². The lowest BCUT2D eigenvalue weighted by Crippen LogP contribution is -2.31. The number of carbonyl (C=O) groups is 1. The van der Waals surface area contributed by atoms with E-state index < -0.39 is 0 Å². The van der Waals surface area contributed by atoms with Crippen LogP contribution in [0.3, 0.4) is 0 Å². The number of H-pyrrole nitrogens is 1. The van der Waals surface area contributed by atoms with Gasteiger partial charge in [-0.05, 0) is 67.7 Å². The second kappa shape index (κ2) is 7.00. The summed E-state index contributed by atoms with van der Waals surface area (Å²) in [5.74, 6) is 1.42. The van der Waals surface area contributed by atoms with E-state index in [0.29, 0.717) is 18.1 Å². The molecule has 1 fully saturated rings. The molecule has 1 aliphatic carbocycles. The number of hydrogen-bond acceptors (Lipinski definition) is 4. The number of rotatable bonds is 3. The zero-order chi connectivity index (χ0) is 20.9. The van der Waals surface area contributed by atoms with Crippen molar-refractivity contribution in [2.45, 2.75) is 32.1 Å². The van der Waals surface area contributed by atoms with E-state index in [9.17, 15) is 10.1 Å². The number of hydrogen-bond donors (Lipinski definition) is 2. The molecule has 0 amide bonds. The summed E-state index contributed by atoms with van der Waals surface area (Å²) in [7, 11) is 0. The number of aromatic amines is 1. The molecule has 5 nitrogen and oxygen atoms in total. The van der Waals surface area contributed by atoms with E-state index in [1.165, 1.54) is 0 Å². The molecule has 5 heteroatoms. The molecule has 0 atom stereocenters. The van der Waals surface area contributed by atoms with Crippen LogP contribution in [0.15, 0.2) is 36.4 Å². The molecule has 2 aromatic carbocycles. The molecule has 3 aromatic rings. The minimum absolute atomic E-state index is 0.0280. The van der Waals surface area contributed by atoms with Gasteiger partial charge in [0.25, 0.3) is 0 Å². The average Bonchev–Trinajstić information content (AvgIpc) is 3.17. The first-order valence-electron chi connectivity index (χ1n) is 10.6. The molecule has 2 heterocycles. The Hall–Kier alpha value is -3.10. The highest BCUT2D eigenvalue weighted by molar-refractivity contribution is 6.20. The third-order valence-corrected chi connectivity index (χ3v) is 6.63. The molecule has 5 rings (SSSR count). The van der Waals surface area contributed by atoms with Crippen LogP contribution in [0.2, 0.25) is 0 Å². The quantitative estimate of drug-likeness (QED) is 0.689. The fourth-order valence-electron chi connectivity index (χ4n) is 4.83. The van der Waals surface area contributed by atoms with Crippen molar-refractivity contribution in [1.82, 2.24) is 10.3 Å². The van der Waals surface area contributed by atoms with Gasteiger partial charge in [0.2, 0.25) is 0 Å². The molecule has 2 aliphatic rings. The standard InChI is InChI=1S/C25H25N3O2/c1-25(2)20-12-17(30-14-15-7-9-27-10-8-15)4-6-18(20)23(29)22-19-5-3-16(13-26)11-21(19)28-24(22)25/h3-6,11-12,15,27-28H,7-10,14H2,1-2H3. The Kier molecular flexibility index (Phi) is 4.41. The van der Waals surface area contributed by atoms with E-state index in [-0.39, 0.29) is 11.2 Å². The Balaban J connectivity index is 1.53. The summed E-state index contributed by atoms with van der Waals surface area (Å²) in [5.41, 5.74) is 4.37. The minimum Gasteiger partial charge on any atom is -0.493 e. The lowest BCUT2D eigenvalue weighted by atomic mass is 9.71. The summed E-state index contributed by atoms with van der Waals surface area (Å²) in [6.07, 6.45) is 2.27. The first-order valence-corrected chi connectivity index (χ1v) is 10.6. The third kappa shape index (κ3) is 2.91. The summed E-state index contributed by atoms with van der Waals surface area (Å²) in [5, 5.41) is 13.5. The van der Waals surface area contributed by atoms with Crippen LogP contribution in [0.4, 0.5) is 0 Å².